The van der Waals surface area contributed by atoms with Crippen molar-refractivity contribution >= 4 is 74.5 Å². The Balaban J connectivity index is 0.000000324. The van der Waals surface area contributed by atoms with Gasteiger partial charge in [0.25, 0.3) is 30.4 Å². The first-order valence-corrected chi connectivity index (χ1v) is 21.2. The van der Waals surface area contributed by atoms with Crippen LogP contribution < -0.4 is 9.97 Å². The van der Waals surface area contributed by atoms with Crippen LogP contribution in [0.4, 0.5) is 0 Å². The zero-order chi connectivity index (χ0) is 39.7. The van der Waals surface area contributed by atoms with Crippen LogP contribution in [0.3, 0.4) is 0 Å². The van der Waals surface area contributed by atoms with Crippen molar-refractivity contribution in [1.82, 2.24) is 39.9 Å². The molecule has 21 heteroatoms. The average molecular weight is 866 g/mol. The van der Waals surface area contributed by atoms with Gasteiger partial charge in [-0.25, -0.2) is 9.97 Å². The number of nitrogens with zero attached hydrogens (tertiary/aromatic N) is 8. The van der Waals surface area contributed by atoms with E-state index in [1.165, 1.54) is 0 Å². The minimum Gasteiger partial charge on any atom is -0.357 e. The monoisotopic (exact) mass is 864 g/mol. The molecule has 17 nitrogen and oxygen atoms in total. The standard InChI is InChI=1S/C32H16N8.3CH4O3S.Zn/c1-2-10-18-17(9-1)25-33-26(18)38-28-21-13-5-6-14-22(21)30(35-28)40-32-24-16-8-7-15-23(24)31(36-32)39-29-20-12-4-3-11-19(20)27(34-29)37-25;3*1-5(2,3)4;/h1-16H;3*1H3,(H,2,3,4);/q-2;;;;+2. The molecule has 8 bridgehead atoms. The summed E-state index contributed by atoms with van der Waals surface area (Å²) in [5.41, 5.74) is 5.78. The molecule has 0 aliphatic carbocycles. The molecule has 0 radical (unpaired) electrons. The number of benzene rings is 4. The van der Waals surface area contributed by atoms with Crippen molar-refractivity contribution in [3.05, 3.63) is 97.1 Å². The molecule has 9 rings (SSSR count). The summed E-state index contributed by atoms with van der Waals surface area (Å²) < 4.78 is 77.6. The minimum atomic E-state index is -3.67. The SMILES string of the molecule is CS(=O)(=O)O.CS(=O)(=O)O.CS(=O)(=O)O.[Zn+2].c1ccc2c(c1)-c1nc-2nc2[n-]c(nc3nc(nc4[n-]c(n1)c1ccccc41)-c1ccccc1-3)c1ccccc21. The van der Waals surface area contributed by atoms with Crippen LogP contribution in [0.2, 0.25) is 0 Å². The predicted octanol–water partition coefficient (Wildman–Crippen LogP) is 4.64. The van der Waals surface area contributed by atoms with Gasteiger partial charge in [-0.1, -0.05) is 97.1 Å². The van der Waals surface area contributed by atoms with E-state index < -0.39 is 30.4 Å². The van der Waals surface area contributed by atoms with Crippen LogP contribution in [0.5, 0.6) is 0 Å². The maximum absolute atomic E-state index is 9.19. The van der Waals surface area contributed by atoms with E-state index in [2.05, 4.69) is 0 Å². The number of aromatic nitrogens is 8. The van der Waals surface area contributed by atoms with Gasteiger partial charge in [-0.15, -0.1) is 0 Å². The molecule has 2 aliphatic heterocycles. The van der Waals surface area contributed by atoms with Gasteiger partial charge in [-0.2, -0.15) is 25.3 Å². The van der Waals surface area contributed by atoms with Crippen molar-refractivity contribution in [3.8, 4) is 45.6 Å². The molecule has 0 amide bonds. The van der Waals surface area contributed by atoms with Gasteiger partial charge in [0.2, 0.25) is 0 Å². The van der Waals surface area contributed by atoms with Gasteiger partial charge in [-0.05, 0) is 21.5 Å². The van der Waals surface area contributed by atoms with Crippen LogP contribution in [-0.4, -0.2) is 87.6 Å². The van der Waals surface area contributed by atoms with Crippen LogP contribution >= 0.6 is 0 Å². The van der Waals surface area contributed by atoms with Crippen molar-refractivity contribution in [2.75, 3.05) is 18.8 Å². The summed E-state index contributed by atoms with van der Waals surface area (Å²) in [5.74, 6) is 2.21. The summed E-state index contributed by atoms with van der Waals surface area (Å²) >= 11 is 0. The largest absolute Gasteiger partial charge is 2.00 e. The van der Waals surface area contributed by atoms with Crippen LogP contribution in [-0.2, 0) is 49.8 Å². The van der Waals surface area contributed by atoms with Gasteiger partial charge in [0, 0.05) is 44.8 Å². The molecule has 0 saturated carbocycles. The predicted molar refractivity (Wildman–Crippen MR) is 206 cm³/mol. The van der Waals surface area contributed by atoms with Crippen LogP contribution in [0.1, 0.15) is 0 Å². The summed E-state index contributed by atoms with van der Waals surface area (Å²) in [6.07, 6.45) is 2.15. The second-order valence-electron chi connectivity index (χ2n) is 11.9. The van der Waals surface area contributed by atoms with Gasteiger partial charge in [0.15, 0.2) is 0 Å². The van der Waals surface area contributed by atoms with Crippen molar-refractivity contribution in [1.29, 1.82) is 0 Å². The molecule has 5 heterocycles. The third-order valence-corrected chi connectivity index (χ3v) is 7.33. The fourth-order valence-corrected chi connectivity index (χ4v) is 5.46. The minimum absolute atomic E-state index is 0. The number of rotatable bonds is 0. The Morgan fingerprint density at radius 2 is 0.554 bits per heavy atom. The molecule has 0 atom stereocenters. The third-order valence-electron chi connectivity index (χ3n) is 7.33. The fraction of sp³-hybridized carbons (Fsp3) is 0.0857. The van der Waals surface area contributed by atoms with Gasteiger partial charge in [0.05, 0.1) is 42.1 Å². The zero-order valence-electron chi connectivity index (χ0n) is 29.5. The normalized spacial score (nSPS) is 11.7. The smallest absolute Gasteiger partial charge is 0.357 e. The van der Waals surface area contributed by atoms with Crippen molar-refractivity contribution in [3.63, 3.8) is 0 Å². The Hall–Kier alpha value is -5.41. The number of fused-ring (bicyclic) bond motifs is 20. The van der Waals surface area contributed by atoms with E-state index in [1.807, 2.05) is 97.1 Å². The maximum Gasteiger partial charge on any atom is 2.00 e. The second kappa shape index (κ2) is 16.4. The van der Waals surface area contributed by atoms with Gasteiger partial charge >= 0.3 is 19.5 Å². The quantitative estimate of drug-likeness (QED) is 0.138. The Labute approximate surface area is 332 Å². The van der Waals surface area contributed by atoms with E-state index >= 15 is 0 Å². The Bertz CT molecular complexity index is 2720. The molecule has 7 aromatic rings. The molecular weight excluding hydrogens is 838 g/mol. The number of hydrogen-bond acceptors (Lipinski definition) is 12. The summed E-state index contributed by atoms with van der Waals surface area (Å²) in [5, 5.41) is 3.57. The van der Waals surface area contributed by atoms with Gasteiger partial charge < -0.3 is 29.9 Å². The van der Waals surface area contributed by atoms with E-state index in [9.17, 15) is 25.3 Å². The van der Waals surface area contributed by atoms with Crippen molar-refractivity contribution in [2.24, 2.45) is 0 Å². The van der Waals surface area contributed by atoms with Crippen LogP contribution in [0, 0.1) is 0 Å². The summed E-state index contributed by atoms with van der Waals surface area (Å²) in [7, 11) is -11.0. The molecule has 0 spiro atoms. The maximum atomic E-state index is 9.19. The van der Waals surface area contributed by atoms with Crippen molar-refractivity contribution < 1.29 is 58.4 Å². The van der Waals surface area contributed by atoms with E-state index in [0.29, 0.717) is 64.7 Å². The van der Waals surface area contributed by atoms with E-state index in [-0.39, 0.29) is 19.5 Å². The molecule has 3 aromatic heterocycles. The fourth-order valence-electron chi connectivity index (χ4n) is 5.46. The third kappa shape index (κ3) is 10.5. The Morgan fingerprint density at radius 3 is 0.750 bits per heavy atom. The molecule has 56 heavy (non-hydrogen) atoms. The molecule has 3 N–H and O–H groups in total. The summed E-state index contributed by atoms with van der Waals surface area (Å²) in [6.45, 7) is 0. The molecule has 282 valence electrons. The zero-order valence-corrected chi connectivity index (χ0v) is 35.0. The van der Waals surface area contributed by atoms with Crippen molar-refractivity contribution in [2.45, 2.75) is 0 Å². The van der Waals surface area contributed by atoms with Crippen LogP contribution in [0.25, 0.3) is 89.7 Å². The Kier molecular flexibility index (Phi) is 12.2. The molecule has 2 aliphatic rings. The average Bonchev–Trinajstić information content (AvgIpc) is 3.82. The van der Waals surface area contributed by atoms with Gasteiger partial charge in [0.1, 0.15) is 0 Å². The van der Waals surface area contributed by atoms with Crippen LogP contribution in [0.15, 0.2) is 97.1 Å². The second-order valence-corrected chi connectivity index (χ2v) is 16.3. The first kappa shape index (κ1) is 41.8. The first-order chi connectivity index (χ1) is 25.8. The summed E-state index contributed by atoms with van der Waals surface area (Å²) in [4.78, 5) is 39.3. The molecule has 0 fully saturated rings. The Morgan fingerprint density at radius 1 is 0.375 bits per heavy atom. The molecule has 0 unspecified atom stereocenters. The molecular formula is C35H28N8O9S3Zn. The van der Waals surface area contributed by atoms with E-state index in [1.54, 1.807) is 0 Å². The topological polar surface area (TPSA) is 269 Å². The van der Waals surface area contributed by atoms with E-state index in [0.717, 1.165) is 43.8 Å². The van der Waals surface area contributed by atoms with Gasteiger partial charge in [-0.3, -0.25) is 13.7 Å². The van der Waals surface area contributed by atoms with E-state index in [4.69, 9.17) is 53.5 Å². The number of hydrogen-bond donors (Lipinski definition) is 3. The molecule has 0 saturated heterocycles. The summed E-state index contributed by atoms with van der Waals surface area (Å²) in [6, 6.07) is 31.8. The molecule has 4 aromatic carbocycles. The first-order valence-electron chi connectivity index (χ1n) is 15.7.